The fourth-order valence-corrected chi connectivity index (χ4v) is 2.98. The second-order valence-electron chi connectivity index (χ2n) is 5.62. The van der Waals surface area contributed by atoms with Crippen LogP contribution < -0.4 is 4.90 Å². The normalized spacial score (nSPS) is 17.9. The number of aliphatic hydroxyl groups is 1. The van der Waals surface area contributed by atoms with Gasteiger partial charge < -0.3 is 10.0 Å². The zero-order valence-corrected chi connectivity index (χ0v) is 12.3. The Morgan fingerprint density at radius 3 is 2.95 bits per heavy atom. The van der Waals surface area contributed by atoms with Crippen LogP contribution in [0.1, 0.15) is 23.5 Å². The molecule has 1 atom stereocenters. The Morgan fingerprint density at radius 2 is 2.32 bits per heavy atom. The molecular weight excluding hydrogens is 284 g/mol. The molecule has 3 rings (SSSR count). The summed E-state index contributed by atoms with van der Waals surface area (Å²) in [6.07, 6.45) is 4.78. The van der Waals surface area contributed by atoms with Crippen LogP contribution in [0.15, 0.2) is 30.6 Å². The van der Waals surface area contributed by atoms with Crippen molar-refractivity contribution >= 4 is 11.4 Å². The maximum Gasteiger partial charge on any atom is 0.292 e. The molecule has 116 valence electrons. The molecule has 1 aliphatic heterocycles. The van der Waals surface area contributed by atoms with E-state index in [1.807, 2.05) is 24.3 Å². The minimum absolute atomic E-state index is 0.0871. The molecule has 0 spiro atoms. The summed E-state index contributed by atoms with van der Waals surface area (Å²) >= 11 is 0. The number of aryl methyl sites for hydroxylation is 1. The molecule has 0 bridgehead atoms. The molecule has 0 amide bonds. The van der Waals surface area contributed by atoms with Crippen molar-refractivity contribution in [2.24, 2.45) is 7.05 Å². The topological polar surface area (TPSA) is 84.4 Å². The van der Waals surface area contributed by atoms with E-state index in [9.17, 15) is 15.2 Å². The maximum atomic E-state index is 11.2. The second kappa shape index (κ2) is 5.76. The van der Waals surface area contributed by atoms with Crippen molar-refractivity contribution < 1.29 is 10.0 Å². The summed E-state index contributed by atoms with van der Waals surface area (Å²) < 4.78 is 1.77. The average Bonchev–Trinajstić information content (AvgIpc) is 3.15. The van der Waals surface area contributed by atoms with Gasteiger partial charge in [0.1, 0.15) is 5.69 Å². The number of benzene rings is 1. The first kappa shape index (κ1) is 14.5. The smallest absolute Gasteiger partial charge is 0.292 e. The lowest BCUT2D eigenvalue weighted by Crippen LogP contribution is -2.20. The highest BCUT2D eigenvalue weighted by atomic mass is 16.6. The van der Waals surface area contributed by atoms with Crippen molar-refractivity contribution in [3.8, 4) is 0 Å². The van der Waals surface area contributed by atoms with Crippen LogP contribution in [0.3, 0.4) is 0 Å². The van der Waals surface area contributed by atoms with Gasteiger partial charge in [0, 0.05) is 38.3 Å². The second-order valence-corrected chi connectivity index (χ2v) is 5.62. The van der Waals surface area contributed by atoms with E-state index in [2.05, 4.69) is 5.10 Å². The summed E-state index contributed by atoms with van der Waals surface area (Å²) in [6.45, 7) is 1.36. The molecule has 2 aromatic rings. The number of aliphatic hydroxyl groups excluding tert-OH is 1. The Balaban J connectivity index is 1.87. The van der Waals surface area contributed by atoms with E-state index in [4.69, 9.17) is 0 Å². The summed E-state index contributed by atoms with van der Waals surface area (Å²) in [5.74, 6) is 0.325. The molecule has 0 aliphatic carbocycles. The van der Waals surface area contributed by atoms with Gasteiger partial charge in [-0.1, -0.05) is 0 Å². The van der Waals surface area contributed by atoms with Crippen molar-refractivity contribution in [2.75, 3.05) is 18.0 Å². The van der Waals surface area contributed by atoms with E-state index in [0.717, 1.165) is 25.1 Å². The molecule has 0 saturated carbocycles. The van der Waals surface area contributed by atoms with Crippen LogP contribution in [0, 0.1) is 10.1 Å². The van der Waals surface area contributed by atoms with Crippen molar-refractivity contribution in [2.45, 2.75) is 18.9 Å². The average molecular weight is 302 g/mol. The Morgan fingerprint density at radius 1 is 1.50 bits per heavy atom. The molecular formula is C15H18N4O3. The summed E-state index contributed by atoms with van der Waals surface area (Å²) in [5.41, 5.74) is 2.52. The molecule has 1 N–H and O–H groups in total. The van der Waals surface area contributed by atoms with Gasteiger partial charge in [-0.15, -0.1) is 0 Å². The van der Waals surface area contributed by atoms with Crippen LogP contribution in [-0.2, 0) is 13.7 Å². The van der Waals surface area contributed by atoms with E-state index < -0.39 is 0 Å². The SMILES string of the molecule is Cn1cc(C2CCN(c3cc(CO)ccc3[N+](=O)[O-])C2)cn1. The summed E-state index contributed by atoms with van der Waals surface area (Å²) in [7, 11) is 1.88. The van der Waals surface area contributed by atoms with Crippen LogP contribution in [0.2, 0.25) is 0 Å². The highest BCUT2D eigenvalue weighted by molar-refractivity contribution is 5.65. The standard InChI is InChI=1S/C15H18N4O3/c1-17-8-13(7-16-17)12-4-5-18(9-12)15-6-11(10-20)2-3-14(15)19(21)22/h2-3,6-8,12,20H,4-5,9-10H2,1H3. The quantitative estimate of drug-likeness (QED) is 0.688. The highest BCUT2D eigenvalue weighted by Gasteiger charge is 2.29. The van der Waals surface area contributed by atoms with Crippen LogP contribution in [0.4, 0.5) is 11.4 Å². The van der Waals surface area contributed by atoms with Crippen LogP contribution in [0.25, 0.3) is 0 Å². The lowest BCUT2D eigenvalue weighted by molar-refractivity contribution is -0.384. The molecule has 1 fully saturated rings. The van der Waals surface area contributed by atoms with Gasteiger partial charge in [0.25, 0.3) is 5.69 Å². The summed E-state index contributed by atoms with van der Waals surface area (Å²) in [4.78, 5) is 12.9. The van der Waals surface area contributed by atoms with Crippen molar-refractivity contribution in [1.82, 2.24) is 9.78 Å². The molecule has 1 aromatic heterocycles. The van der Waals surface area contributed by atoms with Crippen LogP contribution in [-0.4, -0.2) is 32.9 Å². The number of hydrogen-bond donors (Lipinski definition) is 1. The molecule has 0 radical (unpaired) electrons. The van der Waals surface area contributed by atoms with E-state index in [-0.39, 0.29) is 17.2 Å². The predicted octanol–water partition coefficient (Wildman–Crippen LogP) is 1.81. The van der Waals surface area contributed by atoms with E-state index in [0.29, 0.717) is 17.2 Å². The Bertz CT molecular complexity index is 698. The number of nitrogens with zero attached hydrogens (tertiary/aromatic N) is 4. The van der Waals surface area contributed by atoms with E-state index >= 15 is 0 Å². The van der Waals surface area contributed by atoms with Crippen molar-refractivity contribution in [1.29, 1.82) is 0 Å². The molecule has 1 saturated heterocycles. The van der Waals surface area contributed by atoms with E-state index in [1.54, 1.807) is 16.8 Å². The minimum Gasteiger partial charge on any atom is -0.392 e. The first-order chi connectivity index (χ1) is 10.6. The number of rotatable bonds is 4. The predicted molar refractivity (Wildman–Crippen MR) is 81.8 cm³/mol. The van der Waals surface area contributed by atoms with Crippen molar-refractivity contribution in [3.05, 3.63) is 51.8 Å². The Hall–Kier alpha value is -2.41. The van der Waals surface area contributed by atoms with Gasteiger partial charge >= 0.3 is 0 Å². The molecule has 7 nitrogen and oxygen atoms in total. The molecule has 1 aromatic carbocycles. The third kappa shape index (κ3) is 2.67. The number of nitro benzene ring substituents is 1. The fourth-order valence-electron chi connectivity index (χ4n) is 2.98. The minimum atomic E-state index is -0.367. The zero-order valence-electron chi connectivity index (χ0n) is 12.3. The maximum absolute atomic E-state index is 11.2. The third-order valence-electron chi connectivity index (χ3n) is 4.14. The van der Waals surface area contributed by atoms with Gasteiger partial charge in [0.05, 0.1) is 17.7 Å². The van der Waals surface area contributed by atoms with E-state index in [1.165, 1.54) is 6.07 Å². The Labute approximate surface area is 127 Å². The molecule has 1 aliphatic rings. The number of nitro groups is 1. The fraction of sp³-hybridized carbons (Fsp3) is 0.400. The summed E-state index contributed by atoms with van der Waals surface area (Å²) in [6, 6.07) is 4.78. The first-order valence-corrected chi connectivity index (χ1v) is 7.20. The van der Waals surface area contributed by atoms with Gasteiger partial charge in [-0.3, -0.25) is 14.8 Å². The molecule has 22 heavy (non-hydrogen) atoms. The molecule has 1 unspecified atom stereocenters. The molecule has 2 heterocycles. The van der Waals surface area contributed by atoms with Crippen LogP contribution in [0.5, 0.6) is 0 Å². The lowest BCUT2D eigenvalue weighted by Gasteiger charge is -2.19. The highest BCUT2D eigenvalue weighted by Crippen LogP contribution is 2.36. The van der Waals surface area contributed by atoms with Gasteiger partial charge in [-0.2, -0.15) is 5.10 Å². The zero-order chi connectivity index (χ0) is 15.7. The molecule has 7 heteroatoms. The number of aromatic nitrogens is 2. The Kier molecular flexibility index (Phi) is 3.81. The number of anilines is 1. The van der Waals surface area contributed by atoms with Crippen molar-refractivity contribution in [3.63, 3.8) is 0 Å². The van der Waals surface area contributed by atoms with Gasteiger partial charge in [0.15, 0.2) is 0 Å². The summed E-state index contributed by atoms with van der Waals surface area (Å²) in [5, 5.41) is 24.7. The van der Waals surface area contributed by atoms with Crippen LogP contribution >= 0.6 is 0 Å². The van der Waals surface area contributed by atoms with Gasteiger partial charge in [0.2, 0.25) is 0 Å². The monoisotopic (exact) mass is 302 g/mol. The first-order valence-electron chi connectivity index (χ1n) is 7.20. The van der Waals surface area contributed by atoms with Gasteiger partial charge in [-0.05, 0) is 29.7 Å². The lowest BCUT2D eigenvalue weighted by atomic mass is 10.0. The number of hydrogen-bond acceptors (Lipinski definition) is 5. The van der Waals surface area contributed by atoms with Gasteiger partial charge in [-0.25, -0.2) is 0 Å². The third-order valence-corrected chi connectivity index (χ3v) is 4.14. The largest absolute Gasteiger partial charge is 0.392 e.